The molecule has 0 aliphatic carbocycles. The van der Waals surface area contributed by atoms with Crippen LogP contribution >= 0.6 is 23.2 Å². The van der Waals surface area contributed by atoms with Crippen molar-refractivity contribution in [3.8, 4) is 5.75 Å². The first kappa shape index (κ1) is 21.0. The van der Waals surface area contributed by atoms with E-state index in [1.165, 1.54) is 37.6 Å². The first-order valence-corrected chi connectivity index (χ1v) is 9.72. The van der Waals surface area contributed by atoms with Crippen molar-refractivity contribution >= 4 is 46.3 Å². The van der Waals surface area contributed by atoms with E-state index in [0.717, 1.165) is 11.0 Å². The third-order valence-electron chi connectivity index (χ3n) is 4.86. The molecule has 1 atom stereocenters. The van der Waals surface area contributed by atoms with E-state index >= 15 is 0 Å². The summed E-state index contributed by atoms with van der Waals surface area (Å²) in [5.41, 5.74) is 0.0506. The van der Waals surface area contributed by atoms with E-state index in [2.05, 4.69) is 0 Å². The summed E-state index contributed by atoms with van der Waals surface area (Å²) in [6, 6.07) is 10.1. The Morgan fingerprint density at radius 3 is 2.58 bits per heavy atom. The fraction of sp³-hybridized carbons (Fsp3) is 0.0909. The smallest absolute Gasteiger partial charge is 0.300 e. The molecule has 0 spiro atoms. The van der Waals surface area contributed by atoms with Gasteiger partial charge in [0.05, 0.1) is 29.5 Å². The second-order valence-electron chi connectivity index (χ2n) is 6.63. The van der Waals surface area contributed by atoms with Gasteiger partial charge in [-0.15, -0.1) is 0 Å². The van der Waals surface area contributed by atoms with E-state index in [1.54, 1.807) is 18.2 Å². The fourth-order valence-electron chi connectivity index (χ4n) is 3.46. The number of anilines is 1. The number of hydrogen-bond acceptors (Lipinski definition) is 5. The number of rotatable bonds is 4. The van der Waals surface area contributed by atoms with Gasteiger partial charge in [0, 0.05) is 10.7 Å². The Morgan fingerprint density at radius 1 is 1.16 bits per heavy atom. The van der Waals surface area contributed by atoms with Crippen molar-refractivity contribution in [2.45, 2.75) is 6.04 Å². The first-order chi connectivity index (χ1) is 14.8. The molecule has 158 valence electrons. The Kier molecular flexibility index (Phi) is 5.47. The monoisotopic (exact) mass is 461 g/mol. The zero-order valence-electron chi connectivity index (χ0n) is 15.9. The summed E-state index contributed by atoms with van der Waals surface area (Å²) < 4.78 is 24.4. The zero-order valence-corrected chi connectivity index (χ0v) is 17.4. The minimum atomic E-state index is -1.12. The molecule has 0 radical (unpaired) electrons. The van der Waals surface area contributed by atoms with Crippen molar-refractivity contribution in [2.24, 2.45) is 0 Å². The minimum Gasteiger partial charge on any atom is -0.507 e. The van der Waals surface area contributed by atoms with Crippen LogP contribution in [0.5, 0.6) is 5.75 Å². The van der Waals surface area contributed by atoms with Gasteiger partial charge in [-0.25, -0.2) is 4.39 Å². The second-order valence-corrected chi connectivity index (χ2v) is 7.47. The highest BCUT2D eigenvalue weighted by atomic mass is 35.5. The zero-order chi connectivity index (χ0) is 22.3. The molecule has 1 saturated heterocycles. The summed E-state index contributed by atoms with van der Waals surface area (Å²) >= 11 is 11.9. The third kappa shape index (κ3) is 3.56. The standard InChI is InChI=1S/C22H14Cl2FNO5/c1-30-16-7-4-11(23)9-13(16)20(27)18-19(17-3-2-8-31-17)26(22(29)21(18)28)12-5-6-15(25)14(24)10-12/h2-10,19,27H,1H3/b20-18-. The molecule has 2 aromatic carbocycles. The van der Waals surface area contributed by atoms with Gasteiger partial charge in [-0.2, -0.15) is 0 Å². The fourth-order valence-corrected chi connectivity index (χ4v) is 3.81. The van der Waals surface area contributed by atoms with Gasteiger partial charge in [0.25, 0.3) is 11.7 Å². The van der Waals surface area contributed by atoms with Crippen molar-refractivity contribution < 1.29 is 28.2 Å². The molecular weight excluding hydrogens is 448 g/mol. The molecule has 2 heterocycles. The summed E-state index contributed by atoms with van der Waals surface area (Å²) in [4.78, 5) is 27.1. The lowest BCUT2D eigenvalue weighted by molar-refractivity contribution is -0.132. The Labute approximate surface area is 186 Å². The number of ketones is 1. The van der Waals surface area contributed by atoms with E-state index in [-0.39, 0.29) is 38.4 Å². The predicted molar refractivity (Wildman–Crippen MR) is 113 cm³/mol. The number of Topliss-reactive ketones (excluding diaryl/α,β-unsaturated/α-hetero) is 1. The maximum atomic E-state index is 13.7. The lowest BCUT2D eigenvalue weighted by Crippen LogP contribution is -2.29. The average molecular weight is 462 g/mol. The van der Waals surface area contributed by atoms with Gasteiger partial charge in [-0.05, 0) is 48.5 Å². The lowest BCUT2D eigenvalue weighted by Gasteiger charge is -2.23. The number of furan rings is 1. The highest BCUT2D eigenvalue weighted by Crippen LogP contribution is 2.44. The van der Waals surface area contributed by atoms with Crippen LogP contribution in [0, 0.1) is 5.82 Å². The molecule has 1 aliphatic rings. The molecule has 0 saturated carbocycles. The van der Waals surface area contributed by atoms with Crippen LogP contribution in [0.2, 0.25) is 10.0 Å². The number of aliphatic hydroxyl groups excluding tert-OH is 1. The van der Waals surface area contributed by atoms with Crippen LogP contribution in [0.3, 0.4) is 0 Å². The molecule has 1 fully saturated rings. The Bertz CT molecular complexity index is 1220. The van der Waals surface area contributed by atoms with Crippen LogP contribution in [-0.4, -0.2) is 23.9 Å². The van der Waals surface area contributed by atoms with Gasteiger partial charge in [0.15, 0.2) is 0 Å². The summed E-state index contributed by atoms with van der Waals surface area (Å²) in [7, 11) is 1.39. The molecule has 0 bridgehead atoms. The Morgan fingerprint density at radius 2 is 1.94 bits per heavy atom. The molecule has 1 aromatic heterocycles. The number of halogens is 3. The number of amides is 1. The van der Waals surface area contributed by atoms with E-state index in [0.29, 0.717) is 0 Å². The van der Waals surface area contributed by atoms with Crippen LogP contribution in [0.1, 0.15) is 17.4 Å². The quantitative estimate of drug-likeness (QED) is 0.321. The van der Waals surface area contributed by atoms with Crippen LogP contribution in [0.25, 0.3) is 5.76 Å². The molecule has 9 heteroatoms. The summed E-state index contributed by atoms with van der Waals surface area (Å²) in [6.07, 6.45) is 1.37. The second kappa shape index (κ2) is 8.09. The summed E-state index contributed by atoms with van der Waals surface area (Å²) in [5, 5.41) is 11.2. The molecule has 1 unspecified atom stereocenters. The molecular formula is C22H14Cl2FNO5. The van der Waals surface area contributed by atoms with Crippen molar-refractivity contribution in [1.82, 2.24) is 0 Å². The number of carbonyl (C=O) groups is 2. The highest BCUT2D eigenvalue weighted by molar-refractivity contribution is 6.51. The topological polar surface area (TPSA) is 80.0 Å². The summed E-state index contributed by atoms with van der Waals surface area (Å²) in [5.74, 6) is -2.61. The van der Waals surface area contributed by atoms with Crippen LogP contribution in [0.4, 0.5) is 10.1 Å². The largest absolute Gasteiger partial charge is 0.507 e. The third-order valence-corrected chi connectivity index (χ3v) is 5.38. The van der Waals surface area contributed by atoms with E-state index in [4.69, 9.17) is 32.4 Å². The minimum absolute atomic E-state index is 0.127. The number of benzene rings is 2. The molecule has 1 amide bonds. The number of methoxy groups -OCH3 is 1. The SMILES string of the molecule is COc1ccc(Cl)cc1/C(O)=C1/C(=O)C(=O)N(c2ccc(F)c(Cl)c2)C1c1ccco1. The van der Waals surface area contributed by atoms with Crippen molar-refractivity contribution in [3.05, 3.63) is 87.6 Å². The normalized spacial score (nSPS) is 17.9. The number of hydrogen-bond donors (Lipinski definition) is 1. The maximum absolute atomic E-state index is 13.7. The van der Waals surface area contributed by atoms with E-state index in [1.807, 2.05) is 0 Å². The number of aliphatic hydroxyl groups is 1. The van der Waals surface area contributed by atoms with E-state index < -0.39 is 29.3 Å². The summed E-state index contributed by atoms with van der Waals surface area (Å²) in [6.45, 7) is 0. The number of nitrogens with zero attached hydrogens (tertiary/aromatic N) is 1. The average Bonchev–Trinajstić information content (AvgIpc) is 3.37. The Hall–Kier alpha value is -3.29. The predicted octanol–water partition coefficient (Wildman–Crippen LogP) is 5.36. The van der Waals surface area contributed by atoms with Crippen LogP contribution < -0.4 is 9.64 Å². The van der Waals surface area contributed by atoms with Gasteiger partial charge in [-0.1, -0.05) is 23.2 Å². The highest BCUT2D eigenvalue weighted by Gasteiger charge is 2.48. The van der Waals surface area contributed by atoms with Crippen LogP contribution in [-0.2, 0) is 9.59 Å². The number of ether oxygens (including phenoxy) is 1. The Balaban J connectivity index is 1.97. The lowest BCUT2D eigenvalue weighted by atomic mass is 9.98. The molecule has 3 aromatic rings. The molecule has 1 aliphatic heterocycles. The van der Waals surface area contributed by atoms with Crippen molar-refractivity contribution in [1.29, 1.82) is 0 Å². The van der Waals surface area contributed by atoms with Crippen molar-refractivity contribution in [2.75, 3.05) is 12.0 Å². The van der Waals surface area contributed by atoms with Crippen molar-refractivity contribution in [3.63, 3.8) is 0 Å². The maximum Gasteiger partial charge on any atom is 0.300 e. The first-order valence-electron chi connectivity index (χ1n) is 8.97. The van der Waals surface area contributed by atoms with Gasteiger partial charge < -0.3 is 14.3 Å². The van der Waals surface area contributed by atoms with Gasteiger partial charge >= 0.3 is 0 Å². The van der Waals surface area contributed by atoms with Gasteiger partial charge in [0.2, 0.25) is 0 Å². The molecule has 1 N–H and O–H groups in total. The van der Waals surface area contributed by atoms with Crippen LogP contribution in [0.15, 0.2) is 64.8 Å². The van der Waals surface area contributed by atoms with E-state index in [9.17, 15) is 19.1 Å². The molecule has 4 rings (SSSR count). The molecule has 31 heavy (non-hydrogen) atoms. The van der Waals surface area contributed by atoms with Gasteiger partial charge in [-0.3, -0.25) is 14.5 Å². The number of carbonyl (C=O) groups excluding carboxylic acids is 2. The molecule has 6 nitrogen and oxygen atoms in total. The van der Waals surface area contributed by atoms with Gasteiger partial charge in [0.1, 0.15) is 29.1 Å².